The quantitative estimate of drug-likeness (QED) is 0.710. The average Bonchev–Trinajstić information content (AvgIpc) is 2.20. The Morgan fingerprint density at radius 3 is 2.76 bits per heavy atom. The second kappa shape index (κ2) is 5.80. The number of primary amides is 1. The third-order valence-corrected chi connectivity index (χ3v) is 3.18. The Kier molecular flexibility index (Phi) is 4.91. The molecule has 5 heteroatoms. The molecule has 17 heavy (non-hydrogen) atoms. The van der Waals surface area contributed by atoms with E-state index in [4.69, 9.17) is 10.5 Å². The Morgan fingerprint density at radius 2 is 2.29 bits per heavy atom. The van der Waals surface area contributed by atoms with Crippen molar-refractivity contribution in [1.82, 2.24) is 10.2 Å². The van der Waals surface area contributed by atoms with Crippen molar-refractivity contribution in [2.75, 3.05) is 26.3 Å². The number of carbonyl (C=O) groups excluding carboxylic acids is 1. The number of morpholine rings is 1. The van der Waals surface area contributed by atoms with E-state index < -0.39 is 5.54 Å². The predicted octanol–water partition coefficient (Wildman–Crippen LogP) is -0.0509. The van der Waals surface area contributed by atoms with E-state index >= 15 is 0 Å². The topological polar surface area (TPSA) is 67.6 Å². The van der Waals surface area contributed by atoms with Crippen molar-refractivity contribution in [2.45, 2.75) is 45.3 Å². The van der Waals surface area contributed by atoms with Crippen molar-refractivity contribution in [1.29, 1.82) is 0 Å². The molecule has 0 radical (unpaired) electrons. The molecule has 0 aromatic carbocycles. The maximum absolute atomic E-state index is 11.6. The standard InChI is InChI=1S/C12H25N3O2/c1-9(2)14-12(4,11(13)16)8-15-5-6-17-7-10(15)3/h9-10,14H,5-8H2,1-4H3,(H2,13,16). The van der Waals surface area contributed by atoms with Crippen LogP contribution in [0.4, 0.5) is 0 Å². The number of amides is 1. The van der Waals surface area contributed by atoms with Gasteiger partial charge in [0.2, 0.25) is 5.91 Å². The highest BCUT2D eigenvalue weighted by Gasteiger charge is 2.35. The van der Waals surface area contributed by atoms with Gasteiger partial charge >= 0.3 is 0 Å². The van der Waals surface area contributed by atoms with Crippen molar-refractivity contribution >= 4 is 5.91 Å². The summed E-state index contributed by atoms with van der Waals surface area (Å²) in [5, 5.41) is 3.27. The van der Waals surface area contributed by atoms with Crippen LogP contribution in [-0.4, -0.2) is 54.7 Å². The van der Waals surface area contributed by atoms with Crippen LogP contribution >= 0.6 is 0 Å². The molecule has 0 saturated carbocycles. The first-order chi connectivity index (χ1) is 7.85. The highest BCUT2D eigenvalue weighted by atomic mass is 16.5. The fraction of sp³-hybridized carbons (Fsp3) is 0.917. The summed E-state index contributed by atoms with van der Waals surface area (Å²) in [6.07, 6.45) is 0. The first kappa shape index (κ1) is 14.4. The fourth-order valence-corrected chi connectivity index (χ4v) is 2.23. The van der Waals surface area contributed by atoms with Gasteiger partial charge in [0.15, 0.2) is 0 Å². The monoisotopic (exact) mass is 243 g/mol. The van der Waals surface area contributed by atoms with Crippen LogP contribution in [0.25, 0.3) is 0 Å². The molecule has 0 bridgehead atoms. The molecule has 100 valence electrons. The molecule has 0 aromatic heterocycles. The summed E-state index contributed by atoms with van der Waals surface area (Å²) in [6, 6.07) is 0.556. The van der Waals surface area contributed by atoms with E-state index in [1.54, 1.807) is 0 Å². The number of rotatable bonds is 5. The minimum Gasteiger partial charge on any atom is -0.379 e. The minimum atomic E-state index is -0.681. The normalized spacial score (nSPS) is 25.8. The third-order valence-electron chi connectivity index (χ3n) is 3.18. The van der Waals surface area contributed by atoms with Crippen molar-refractivity contribution in [3.05, 3.63) is 0 Å². The number of hydrogen-bond acceptors (Lipinski definition) is 4. The van der Waals surface area contributed by atoms with E-state index in [-0.39, 0.29) is 11.9 Å². The first-order valence-electron chi connectivity index (χ1n) is 6.24. The van der Waals surface area contributed by atoms with Crippen LogP contribution in [0.1, 0.15) is 27.7 Å². The molecule has 1 saturated heterocycles. The number of nitrogens with two attached hydrogens (primary N) is 1. The summed E-state index contributed by atoms with van der Waals surface area (Å²) in [6.45, 7) is 10.9. The van der Waals surface area contributed by atoms with Crippen molar-refractivity contribution in [3.8, 4) is 0 Å². The lowest BCUT2D eigenvalue weighted by atomic mass is 9.98. The molecular formula is C12H25N3O2. The van der Waals surface area contributed by atoms with Gasteiger partial charge in [0.25, 0.3) is 0 Å². The van der Waals surface area contributed by atoms with Crippen molar-refractivity contribution in [3.63, 3.8) is 0 Å². The number of carbonyl (C=O) groups is 1. The highest BCUT2D eigenvalue weighted by Crippen LogP contribution is 2.13. The van der Waals surface area contributed by atoms with Gasteiger partial charge in [-0.15, -0.1) is 0 Å². The summed E-state index contributed by atoms with van der Waals surface area (Å²) in [5.41, 5.74) is 4.84. The molecule has 0 aromatic rings. The van der Waals surface area contributed by atoms with Gasteiger partial charge in [0.05, 0.1) is 13.2 Å². The zero-order chi connectivity index (χ0) is 13.1. The van der Waals surface area contributed by atoms with Crippen LogP contribution in [0.5, 0.6) is 0 Å². The zero-order valence-corrected chi connectivity index (χ0v) is 11.3. The molecule has 1 aliphatic heterocycles. The molecule has 3 N–H and O–H groups in total. The summed E-state index contributed by atoms with van der Waals surface area (Å²) < 4.78 is 5.39. The van der Waals surface area contributed by atoms with Crippen LogP contribution in [0.15, 0.2) is 0 Å². The van der Waals surface area contributed by atoms with E-state index in [0.29, 0.717) is 12.6 Å². The SMILES string of the molecule is CC(C)NC(C)(CN1CCOCC1C)C(N)=O. The Balaban J connectivity index is 2.68. The summed E-state index contributed by atoms with van der Waals surface area (Å²) in [5.74, 6) is -0.301. The van der Waals surface area contributed by atoms with Crippen molar-refractivity contribution in [2.24, 2.45) is 5.73 Å². The Hall–Kier alpha value is -0.650. The van der Waals surface area contributed by atoms with Gasteiger partial charge in [-0.3, -0.25) is 9.69 Å². The number of nitrogens with one attached hydrogen (secondary N) is 1. The Bertz CT molecular complexity index is 270. The second-order valence-corrected chi connectivity index (χ2v) is 5.39. The lowest BCUT2D eigenvalue weighted by molar-refractivity contribution is -0.126. The summed E-state index contributed by atoms with van der Waals surface area (Å²) >= 11 is 0. The van der Waals surface area contributed by atoms with E-state index in [1.807, 2.05) is 20.8 Å². The number of hydrogen-bond donors (Lipinski definition) is 2. The lowest BCUT2D eigenvalue weighted by Gasteiger charge is -2.40. The van der Waals surface area contributed by atoms with Gasteiger partial charge in [-0.05, 0) is 27.7 Å². The minimum absolute atomic E-state index is 0.226. The average molecular weight is 243 g/mol. The summed E-state index contributed by atoms with van der Waals surface area (Å²) in [7, 11) is 0. The lowest BCUT2D eigenvalue weighted by Crippen LogP contribution is -2.63. The molecule has 5 nitrogen and oxygen atoms in total. The molecular weight excluding hydrogens is 218 g/mol. The Labute approximate surface area is 104 Å². The van der Waals surface area contributed by atoms with Gasteiger partial charge in [-0.25, -0.2) is 0 Å². The van der Waals surface area contributed by atoms with E-state index in [0.717, 1.165) is 19.8 Å². The molecule has 0 spiro atoms. The van der Waals surface area contributed by atoms with Gasteiger partial charge < -0.3 is 15.8 Å². The molecule has 1 fully saturated rings. The fourth-order valence-electron chi connectivity index (χ4n) is 2.23. The molecule has 1 amide bonds. The van der Waals surface area contributed by atoms with Gasteiger partial charge in [-0.1, -0.05) is 0 Å². The molecule has 1 rings (SSSR count). The largest absolute Gasteiger partial charge is 0.379 e. The highest BCUT2D eigenvalue weighted by molar-refractivity contribution is 5.84. The summed E-state index contributed by atoms with van der Waals surface area (Å²) in [4.78, 5) is 13.9. The Morgan fingerprint density at radius 1 is 1.65 bits per heavy atom. The van der Waals surface area contributed by atoms with E-state index in [9.17, 15) is 4.79 Å². The van der Waals surface area contributed by atoms with Gasteiger partial charge in [0, 0.05) is 25.2 Å². The molecule has 0 aliphatic carbocycles. The smallest absolute Gasteiger partial charge is 0.238 e. The van der Waals surface area contributed by atoms with E-state index in [2.05, 4.69) is 17.1 Å². The predicted molar refractivity (Wildman–Crippen MR) is 67.7 cm³/mol. The second-order valence-electron chi connectivity index (χ2n) is 5.39. The molecule has 2 atom stereocenters. The van der Waals surface area contributed by atoms with E-state index in [1.165, 1.54) is 0 Å². The maximum atomic E-state index is 11.6. The number of nitrogens with zero attached hydrogens (tertiary/aromatic N) is 1. The number of ether oxygens (including phenoxy) is 1. The van der Waals surface area contributed by atoms with Crippen molar-refractivity contribution < 1.29 is 9.53 Å². The van der Waals surface area contributed by atoms with Crippen LogP contribution in [0.2, 0.25) is 0 Å². The zero-order valence-electron chi connectivity index (χ0n) is 11.3. The molecule has 1 heterocycles. The van der Waals surface area contributed by atoms with Crippen LogP contribution in [0, 0.1) is 0 Å². The molecule has 1 aliphatic rings. The first-order valence-corrected chi connectivity index (χ1v) is 6.24. The van der Waals surface area contributed by atoms with Crippen LogP contribution in [0.3, 0.4) is 0 Å². The van der Waals surface area contributed by atoms with Crippen LogP contribution < -0.4 is 11.1 Å². The van der Waals surface area contributed by atoms with Crippen LogP contribution in [-0.2, 0) is 9.53 Å². The maximum Gasteiger partial charge on any atom is 0.238 e. The third kappa shape index (κ3) is 3.94. The molecule has 2 unspecified atom stereocenters. The van der Waals surface area contributed by atoms with Gasteiger partial charge in [-0.2, -0.15) is 0 Å². The van der Waals surface area contributed by atoms with Gasteiger partial charge in [0.1, 0.15) is 5.54 Å².